The number of rotatable bonds is 0. The van der Waals surface area contributed by atoms with Crippen LogP contribution in [0.5, 0.6) is 0 Å². The molecule has 0 saturated carbocycles. The van der Waals surface area contributed by atoms with Gasteiger partial charge in [-0.1, -0.05) is 25.7 Å². The molecule has 0 aliphatic carbocycles. The lowest BCUT2D eigenvalue weighted by molar-refractivity contribution is -0.166. The molecule has 4 N–H and O–H groups in total. The molecule has 4 amide bonds. The summed E-state index contributed by atoms with van der Waals surface area (Å²) in [5, 5.41) is 26.6. The van der Waals surface area contributed by atoms with Crippen molar-refractivity contribution in [1.29, 1.82) is 0 Å². The Balaban J connectivity index is 2.42. The number of carbonyl (C=O) groups is 5. The molecule has 0 bridgehead atoms. The maximum absolute atomic E-state index is 12.0. The normalized spacial score (nSPS) is 21.7. The smallest absolute Gasteiger partial charge is 0.246 e. The molecule has 11 heteroatoms. The molecule has 0 radical (unpaired) electrons. The molecule has 0 aromatic rings. The lowest BCUT2D eigenvalue weighted by Crippen LogP contribution is -2.31. The predicted octanol–water partition coefficient (Wildman–Crippen LogP) is 2.87. The molecule has 1 rings (SSSR count). The number of hydrogen-bond acceptors (Lipinski definition) is 7. The Labute approximate surface area is 220 Å². The minimum Gasteiger partial charge on any atom is -0.356 e. The second-order valence-corrected chi connectivity index (χ2v) is 9.69. The van der Waals surface area contributed by atoms with Crippen molar-refractivity contribution in [2.75, 3.05) is 26.2 Å². The average molecular weight is 527 g/mol. The predicted molar refractivity (Wildman–Crippen MR) is 137 cm³/mol. The molecule has 1 aliphatic rings. The molecule has 0 unspecified atom stereocenters. The Kier molecular flexibility index (Phi) is 18.0. The van der Waals surface area contributed by atoms with Gasteiger partial charge in [-0.05, 0) is 51.4 Å². The van der Waals surface area contributed by atoms with Gasteiger partial charge in [0, 0.05) is 51.9 Å². The second kappa shape index (κ2) is 20.5. The van der Waals surface area contributed by atoms with Crippen LogP contribution in [0.2, 0.25) is 0 Å². The average Bonchev–Trinajstić information content (AvgIpc) is 2.87. The minimum atomic E-state index is -0.519. The minimum absolute atomic E-state index is 0.0143. The summed E-state index contributed by atoms with van der Waals surface area (Å²) in [4.78, 5) is 59.8. The van der Waals surface area contributed by atoms with E-state index >= 15 is 0 Å². The molecule has 1 heterocycles. The van der Waals surface area contributed by atoms with Crippen molar-refractivity contribution in [2.24, 2.45) is 0 Å². The number of nitrogens with zero attached hydrogens (tertiary/aromatic N) is 2. The van der Waals surface area contributed by atoms with E-state index in [1.165, 1.54) is 0 Å². The van der Waals surface area contributed by atoms with Crippen molar-refractivity contribution in [2.45, 2.75) is 109 Å². The standard InChI is InChI=1S/C26H46N4O7/c31-22-13-7-3-1-2-4-8-14-25(34)29(36)19-11-5-9-17-27-23(32)15-16-26(35)30(37)20-12-6-10-18-28-24(33)21-22/h36-37H,1-21H2,(H,27,32)(H,28,33). The van der Waals surface area contributed by atoms with E-state index in [1.54, 1.807) is 0 Å². The fourth-order valence-corrected chi connectivity index (χ4v) is 4.03. The Hall–Kier alpha value is -2.53. The molecule has 0 spiro atoms. The first-order valence-corrected chi connectivity index (χ1v) is 13.8. The van der Waals surface area contributed by atoms with Crippen molar-refractivity contribution in [1.82, 2.24) is 20.8 Å². The highest BCUT2D eigenvalue weighted by atomic mass is 16.5. The van der Waals surface area contributed by atoms with Gasteiger partial charge < -0.3 is 10.6 Å². The zero-order chi connectivity index (χ0) is 27.3. The molecule has 37 heavy (non-hydrogen) atoms. The molecule has 0 aromatic heterocycles. The monoisotopic (exact) mass is 526 g/mol. The first-order valence-electron chi connectivity index (χ1n) is 13.8. The zero-order valence-electron chi connectivity index (χ0n) is 22.2. The van der Waals surface area contributed by atoms with Crippen LogP contribution in [0, 0.1) is 0 Å². The van der Waals surface area contributed by atoms with E-state index < -0.39 is 5.91 Å². The van der Waals surface area contributed by atoms with Gasteiger partial charge in [0.2, 0.25) is 23.6 Å². The summed E-state index contributed by atoms with van der Waals surface area (Å²) in [6, 6.07) is 0. The van der Waals surface area contributed by atoms with Crippen LogP contribution in [-0.2, 0) is 24.0 Å². The number of hydrogen-bond donors (Lipinski definition) is 4. The van der Waals surface area contributed by atoms with E-state index in [-0.39, 0.29) is 55.9 Å². The highest BCUT2D eigenvalue weighted by Crippen LogP contribution is 2.11. The summed E-state index contributed by atoms with van der Waals surface area (Å²) in [5.74, 6) is -1.44. The number of Topliss-reactive ketones (excluding diaryl/α,β-unsaturated/α-hetero) is 1. The van der Waals surface area contributed by atoms with Crippen molar-refractivity contribution < 1.29 is 34.4 Å². The molecule has 11 nitrogen and oxygen atoms in total. The third kappa shape index (κ3) is 17.5. The summed E-state index contributed by atoms with van der Waals surface area (Å²) in [5.41, 5.74) is 0. The number of ketones is 1. The molecular weight excluding hydrogens is 480 g/mol. The van der Waals surface area contributed by atoms with Crippen LogP contribution in [0.25, 0.3) is 0 Å². The van der Waals surface area contributed by atoms with Crippen LogP contribution in [0.1, 0.15) is 109 Å². The van der Waals surface area contributed by atoms with Crippen LogP contribution >= 0.6 is 0 Å². The van der Waals surface area contributed by atoms with Gasteiger partial charge in [0.15, 0.2) is 0 Å². The fourth-order valence-electron chi connectivity index (χ4n) is 4.03. The summed E-state index contributed by atoms with van der Waals surface area (Å²) >= 11 is 0. The number of amides is 4. The molecule has 1 saturated heterocycles. The van der Waals surface area contributed by atoms with Crippen LogP contribution in [0.4, 0.5) is 0 Å². The molecule has 1 fully saturated rings. The zero-order valence-corrected chi connectivity index (χ0v) is 22.2. The van der Waals surface area contributed by atoms with E-state index in [2.05, 4.69) is 10.6 Å². The van der Waals surface area contributed by atoms with Gasteiger partial charge in [0.1, 0.15) is 5.78 Å². The van der Waals surface area contributed by atoms with Gasteiger partial charge in [-0.25, -0.2) is 10.1 Å². The van der Waals surface area contributed by atoms with E-state index in [1.807, 2.05) is 0 Å². The molecule has 1 aliphatic heterocycles. The van der Waals surface area contributed by atoms with Gasteiger partial charge in [-0.3, -0.25) is 34.4 Å². The van der Waals surface area contributed by atoms with Gasteiger partial charge >= 0.3 is 0 Å². The van der Waals surface area contributed by atoms with Crippen LogP contribution in [0.15, 0.2) is 0 Å². The fraction of sp³-hybridized carbons (Fsp3) is 0.808. The highest BCUT2D eigenvalue weighted by Gasteiger charge is 2.14. The van der Waals surface area contributed by atoms with E-state index in [0.29, 0.717) is 69.5 Å². The number of nitrogens with one attached hydrogen (secondary N) is 2. The van der Waals surface area contributed by atoms with E-state index in [0.717, 1.165) is 43.6 Å². The summed E-state index contributed by atoms with van der Waals surface area (Å²) in [7, 11) is 0. The van der Waals surface area contributed by atoms with Crippen LogP contribution in [0.3, 0.4) is 0 Å². The Bertz CT molecular complexity index is 717. The number of carbonyl (C=O) groups excluding carboxylic acids is 5. The summed E-state index contributed by atoms with van der Waals surface area (Å²) in [6.07, 6.45) is 9.59. The third-order valence-electron chi connectivity index (χ3n) is 6.33. The Morgan fingerprint density at radius 1 is 0.486 bits per heavy atom. The van der Waals surface area contributed by atoms with Crippen molar-refractivity contribution in [3.05, 3.63) is 0 Å². The highest BCUT2D eigenvalue weighted by molar-refractivity contribution is 5.97. The first kappa shape index (κ1) is 32.5. The number of hydroxylamine groups is 4. The van der Waals surface area contributed by atoms with E-state index in [9.17, 15) is 34.4 Å². The lowest BCUT2D eigenvalue weighted by atomic mass is 10.1. The second-order valence-electron chi connectivity index (χ2n) is 9.69. The topological polar surface area (TPSA) is 156 Å². The largest absolute Gasteiger partial charge is 0.356 e. The van der Waals surface area contributed by atoms with Gasteiger partial charge in [0.05, 0.1) is 6.42 Å². The van der Waals surface area contributed by atoms with Crippen LogP contribution in [-0.4, -0.2) is 76.1 Å². The lowest BCUT2D eigenvalue weighted by Gasteiger charge is -2.15. The van der Waals surface area contributed by atoms with Gasteiger partial charge in [-0.2, -0.15) is 0 Å². The third-order valence-corrected chi connectivity index (χ3v) is 6.33. The quantitative estimate of drug-likeness (QED) is 0.279. The Morgan fingerprint density at radius 3 is 1.54 bits per heavy atom. The van der Waals surface area contributed by atoms with Gasteiger partial charge in [-0.15, -0.1) is 0 Å². The molecular formula is C26H46N4O7. The maximum Gasteiger partial charge on any atom is 0.246 e. The van der Waals surface area contributed by atoms with Crippen molar-refractivity contribution >= 4 is 29.4 Å². The molecule has 212 valence electrons. The Morgan fingerprint density at radius 2 is 0.946 bits per heavy atom. The van der Waals surface area contributed by atoms with Crippen LogP contribution < -0.4 is 10.6 Å². The summed E-state index contributed by atoms with van der Waals surface area (Å²) < 4.78 is 0. The van der Waals surface area contributed by atoms with E-state index in [4.69, 9.17) is 0 Å². The SMILES string of the molecule is O=C1CCCCCCCCC(=O)N(O)CCCCCNC(=O)CCC(=O)N(O)CCCCCNC(=O)C1. The summed E-state index contributed by atoms with van der Waals surface area (Å²) in [6.45, 7) is 1.28. The molecule has 0 aromatic carbocycles. The maximum atomic E-state index is 12.0. The van der Waals surface area contributed by atoms with Crippen molar-refractivity contribution in [3.63, 3.8) is 0 Å². The van der Waals surface area contributed by atoms with Gasteiger partial charge in [0.25, 0.3) is 0 Å². The molecule has 0 atom stereocenters. The van der Waals surface area contributed by atoms with Crippen molar-refractivity contribution in [3.8, 4) is 0 Å². The first-order chi connectivity index (χ1) is 17.8.